The van der Waals surface area contributed by atoms with Crippen molar-refractivity contribution in [2.24, 2.45) is 0 Å². The van der Waals surface area contributed by atoms with Gasteiger partial charge in [0.1, 0.15) is 11.7 Å². The fraction of sp³-hybridized carbons (Fsp3) is 0.389. The van der Waals surface area contributed by atoms with Gasteiger partial charge in [0.05, 0.1) is 18.8 Å². The lowest BCUT2D eigenvalue weighted by atomic mass is 10.1. The van der Waals surface area contributed by atoms with Gasteiger partial charge in [-0.2, -0.15) is 0 Å². The van der Waals surface area contributed by atoms with Gasteiger partial charge in [0.2, 0.25) is 0 Å². The first-order valence-corrected chi connectivity index (χ1v) is 7.89. The number of benzene rings is 1. The topological polar surface area (TPSA) is 75.5 Å². The van der Waals surface area contributed by atoms with Gasteiger partial charge in [-0.25, -0.2) is 14.8 Å². The highest BCUT2D eigenvalue weighted by Crippen LogP contribution is 2.25. The number of amides is 1. The Morgan fingerprint density at radius 1 is 1.25 bits per heavy atom. The van der Waals surface area contributed by atoms with E-state index in [4.69, 9.17) is 4.74 Å². The van der Waals surface area contributed by atoms with Crippen LogP contribution in [0.15, 0.2) is 36.5 Å². The molecule has 2 aromatic rings. The van der Waals surface area contributed by atoms with E-state index >= 15 is 0 Å². The lowest BCUT2D eigenvalue weighted by molar-refractivity contribution is 0.0240. The number of aliphatic hydroxyl groups excluding tert-OH is 1. The predicted octanol–water partition coefficient (Wildman–Crippen LogP) is 2.81. The Morgan fingerprint density at radius 3 is 2.62 bits per heavy atom. The number of fused-ring (bicyclic) bond motifs is 1. The molecule has 1 unspecified atom stereocenters. The Kier molecular flexibility index (Phi) is 4.24. The van der Waals surface area contributed by atoms with Gasteiger partial charge in [0, 0.05) is 11.8 Å². The molecule has 6 heteroatoms. The summed E-state index contributed by atoms with van der Waals surface area (Å²) in [7, 11) is 0. The largest absolute Gasteiger partial charge is 0.444 e. The summed E-state index contributed by atoms with van der Waals surface area (Å²) in [6.45, 7) is 6.29. The number of carbonyl (C=O) groups excluding carboxylic acids is 1. The molecule has 3 rings (SSSR count). The van der Waals surface area contributed by atoms with Crippen molar-refractivity contribution < 1.29 is 14.6 Å². The summed E-state index contributed by atoms with van der Waals surface area (Å²) in [6.07, 6.45) is 0.423. The normalized spacial score (nSPS) is 15.1. The Labute approximate surface area is 141 Å². The Bertz CT molecular complexity index is 741. The van der Waals surface area contributed by atoms with Crippen molar-refractivity contribution in [2.45, 2.75) is 45.6 Å². The summed E-state index contributed by atoms with van der Waals surface area (Å²) in [4.78, 5) is 22.5. The second-order valence-corrected chi connectivity index (χ2v) is 6.85. The Balaban J connectivity index is 1.76. The van der Waals surface area contributed by atoms with Gasteiger partial charge >= 0.3 is 6.09 Å². The Morgan fingerprint density at radius 2 is 1.96 bits per heavy atom. The predicted molar refractivity (Wildman–Crippen MR) is 88.0 cm³/mol. The van der Waals surface area contributed by atoms with Crippen LogP contribution in [0, 0.1) is 0 Å². The molecule has 1 aromatic heterocycles. The third kappa shape index (κ3) is 3.54. The molecular formula is C18H21N3O3. The summed E-state index contributed by atoms with van der Waals surface area (Å²) < 4.78 is 5.39. The van der Waals surface area contributed by atoms with Crippen molar-refractivity contribution in [1.29, 1.82) is 0 Å². The van der Waals surface area contributed by atoms with Crippen molar-refractivity contribution in [3.8, 4) is 0 Å². The van der Waals surface area contributed by atoms with Gasteiger partial charge in [-0.3, -0.25) is 4.90 Å². The van der Waals surface area contributed by atoms with Crippen molar-refractivity contribution in [3.05, 3.63) is 59.2 Å². The monoisotopic (exact) mass is 327 g/mol. The van der Waals surface area contributed by atoms with E-state index < -0.39 is 11.7 Å². The molecule has 0 saturated heterocycles. The minimum absolute atomic E-state index is 0.339. The van der Waals surface area contributed by atoms with Gasteiger partial charge in [-0.15, -0.1) is 0 Å². The number of carbonyl (C=O) groups is 1. The van der Waals surface area contributed by atoms with Crippen LogP contribution < -0.4 is 0 Å². The summed E-state index contributed by atoms with van der Waals surface area (Å²) in [5.74, 6) is 0.339. The Hall–Kier alpha value is -2.47. The number of aliphatic hydroxyl groups is 1. The van der Waals surface area contributed by atoms with E-state index in [1.54, 1.807) is 11.1 Å². The van der Waals surface area contributed by atoms with Crippen LogP contribution in [0.1, 0.15) is 49.5 Å². The van der Waals surface area contributed by atoms with E-state index in [-0.39, 0.29) is 6.09 Å². The molecule has 1 N–H and O–H groups in total. The van der Waals surface area contributed by atoms with Crippen LogP contribution >= 0.6 is 0 Å². The molecule has 126 valence electrons. The SMILES string of the molecule is CC(C)(C)OC(=O)N1Cc2cnc(C(O)c3ccccc3)nc2C1. The van der Waals surface area contributed by atoms with Gasteiger partial charge in [0.15, 0.2) is 5.82 Å². The maximum absolute atomic E-state index is 12.2. The van der Waals surface area contributed by atoms with E-state index in [9.17, 15) is 9.90 Å². The second kappa shape index (κ2) is 6.20. The number of aromatic nitrogens is 2. The molecular weight excluding hydrogens is 306 g/mol. The number of ether oxygens (including phenoxy) is 1. The van der Waals surface area contributed by atoms with E-state index in [1.165, 1.54) is 0 Å². The van der Waals surface area contributed by atoms with Crippen LogP contribution in [-0.4, -0.2) is 31.7 Å². The molecule has 2 heterocycles. The molecule has 0 fully saturated rings. The van der Waals surface area contributed by atoms with Gasteiger partial charge < -0.3 is 9.84 Å². The van der Waals surface area contributed by atoms with Crippen LogP contribution in [0.25, 0.3) is 0 Å². The van der Waals surface area contributed by atoms with Gasteiger partial charge in [0.25, 0.3) is 0 Å². The van der Waals surface area contributed by atoms with Crippen molar-refractivity contribution in [1.82, 2.24) is 14.9 Å². The van der Waals surface area contributed by atoms with Gasteiger partial charge in [-0.05, 0) is 26.3 Å². The highest BCUT2D eigenvalue weighted by atomic mass is 16.6. The standard InChI is InChI=1S/C18H21N3O3/c1-18(2,3)24-17(23)21-10-13-9-19-16(20-14(13)11-21)15(22)12-7-5-4-6-8-12/h4-9,15,22H,10-11H2,1-3H3. The van der Waals surface area contributed by atoms with Crippen molar-refractivity contribution in [3.63, 3.8) is 0 Å². The van der Waals surface area contributed by atoms with Crippen LogP contribution in [0.2, 0.25) is 0 Å². The molecule has 0 bridgehead atoms. The molecule has 0 spiro atoms. The van der Waals surface area contributed by atoms with Crippen LogP contribution in [0.3, 0.4) is 0 Å². The molecule has 6 nitrogen and oxygen atoms in total. The maximum atomic E-state index is 12.2. The zero-order valence-electron chi connectivity index (χ0n) is 14.1. The van der Waals surface area contributed by atoms with E-state index in [0.29, 0.717) is 18.9 Å². The molecule has 1 atom stereocenters. The van der Waals surface area contributed by atoms with Crippen molar-refractivity contribution in [2.75, 3.05) is 0 Å². The third-order valence-corrected chi connectivity index (χ3v) is 3.69. The number of rotatable bonds is 2. The molecule has 1 aromatic carbocycles. The second-order valence-electron chi connectivity index (χ2n) is 6.85. The average Bonchev–Trinajstić information content (AvgIpc) is 2.96. The molecule has 1 amide bonds. The summed E-state index contributed by atoms with van der Waals surface area (Å²) in [5, 5.41) is 10.4. The third-order valence-electron chi connectivity index (χ3n) is 3.69. The zero-order valence-corrected chi connectivity index (χ0v) is 14.1. The van der Waals surface area contributed by atoms with E-state index in [2.05, 4.69) is 9.97 Å². The highest BCUT2D eigenvalue weighted by Gasteiger charge is 2.29. The molecule has 1 aliphatic heterocycles. The summed E-state index contributed by atoms with van der Waals surface area (Å²) >= 11 is 0. The van der Waals surface area contributed by atoms with E-state index in [0.717, 1.165) is 16.8 Å². The fourth-order valence-corrected chi connectivity index (χ4v) is 2.54. The van der Waals surface area contributed by atoms with Crippen molar-refractivity contribution >= 4 is 6.09 Å². The first-order chi connectivity index (χ1) is 11.3. The summed E-state index contributed by atoms with van der Waals surface area (Å²) in [6, 6.07) is 9.26. The quantitative estimate of drug-likeness (QED) is 0.918. The molecule has 1 aliphatic rings. The lowest BCUT2D eigenvalue weighted by Crippen LogP contribution is -2.33. The smallest absolute Gasteiger partial charge is 0.410 e. The minimum atomic E-state index is -0.882. The lowest BCUT2D eigenvalue weighted by Gasteiger charge is -2.23. The number of hydrogen-bond donors (Lipinski definition) is 1. The molecule has 0 saturated carbocycles. The van der Waals surface area contributed by atoms with Crippen LogP contribution in [0.4, 0.5) is 4.79 Å². The molecule has 0 aliphatic carbocycles. The summed E-state index contributed by atoms with van der Waals surface area (Å²) in [5.41, 5.74) is 1.83. The molecule has 0 radical (unpaired) electrons. The zero-order chi connectivity index (χ0) is 17.3. The van der Waals surface area contributed by atoms with Crippen LogP contribution in [0.5, 0.6) is 0 Å². The molecule has 24 heavy (non-hydrogen) atoms. The van der Waals surface area contributed by atoms with Gasteiger partial charge in [-0.1, -0.05) is 30.3 Å². The maximum Gasteiger partial charge on any atom is 0.410 e. The first-order valence-electron chi connectivity index (χ1n) is 7.89. The number of hydrogen-bond acceptors (Lipinski definition) is 5. The first kappa shape index (κ1) is 16.4. The average molecular weight is 327 g/mol. The highest BCUT2D eigenvalue weighted by molar-refractivity contribution is 5.69. The minimum Gasteiger partial charge on any atom is -0.444 e. The number of nitrogens with zero attached hydrogens (tertiary/aromatic N) is 3. The fourth-order valence-electron chi connectivity index (χ4n) is 2.54. The van der Waals surface area contributed by atoms with E-state index in [1.807, 2.05) is 51.1 Å². The van der Waals surface area contributed by atoms with Crippen LogP contribution in [-0.2, 0) is 17.8 Å².